The number of rotatable bonds is 4. The number of hydrogen-bond acceptors (Lipinski definition) is 3. The first kappa shape index (κ1) is 16.5. The molecule has 0 bridgehead atoms. The highest BCUT2D eigenvalue weighted by molar-refractivity contribution is 6.10. The number of Topliss-reactive ketones (excluding diaryl/α,β-unsaturated/α-hetero) is 1. The summed E-state index contributed by atoms with van der Waals surface area (Å²) in [4.78, 5) is 28.2. The molecule has 24 heavy (non-hydrogen) atoms. The quantitative estimate of drug-likeness (QED) is 0.905. The fraction of sp³-hybridized carbons (Fsp3) is 0.500. The number of amides is 1. The molecule has 0 saturated heterocycles. The van der Waals surface area contributed by atoms with E-state index in [0.717, 1.165) is 35.6 Å². The summed E-state index contributed by atoms with van der Waals surface area (Å²) in [7, 11) is 0. The zero-order chi connectivity index (χ0) is 17.4. The predicted molar refractivity (Wildman–Crippen MR) is 91.4 cm³/mol. The second kappa shape index (κ2) is 6.26. The molecule has 0 saturated carbocycles. The van der Waals surface area contributed by atoms with E-state index in [1.54, 1.807) is 0 Å². The normalized spacial score (nSPS) is 15.2. The Labute approximate surface area is 141 Å². The molecule has 3 rings (SSSR count). The molecule has 2 N–H and O–H groups in total. The summed E-state index contributed by atoms with van der Waals surface area (Å²) in [5.41, 5.74) is 4.81. The summed E-state index contributed by atoms with van der Waals surface area (Å²) in [5, 5.41) is 7.43. The van der Waals surface area contributed by atoms with Crippen molar-refractivity contribution in [3.63, 3.8) is 0 Å². The molecule has 2 aromatic rings. The third-order valence-corrected chi connectivity index (χ3v) is 4.53. The van der Waals surface area contributed by atoms with E-state index in [0.29, 0.717) is 24.1 Å². The number of carbonyl (C=O) groups is 2. The van der Waals surface area contributed by atoms with Crippen molar-refractivity contribution in [2.45, 2.75) is 59.5 Å². The van der Waals surface area contributed by atoms with Crippen molar-refractivity contribution >= 4 is 11.7 Å². The lowest BCUT2D eigenvalue weighted by Crippen LogP contribution is -2.37. The molecule has 1 aliphatic carbocycles. The Balaban J connectivity index is 1.77. The Hall–Kier alpha value is -2.37. The molecule has 6 heteroatoms. The van der Waals surface area contributed by atoms with E-state index in [-0.39, 0.29) is 17.7 Å². The average molecular weight is 328 g/mol. The highest BCUT2D eigenvalue weighted by atomic mass is 16.2. The van der Waals surface area contributed by atoms with Gasteiger partial charge in [-0.1, -0.05) is 0 Å². The van der Waals surface area contributed by atoms with E-state index in [9.17, 15) is 9.59 Å². The molecule has 0 spiro atoms. The van der Waals surface area contributed by atoms with Crippen LogP contribution >= 0.6 is 0 Å². The molecule has 128 valence electrons. The third-order valence-electron chi connectivity index (χ3n) is 4.53. The Morgan fingerprint density at radius 1 is 1.38 bits per heavy atom. The summed E-state index contributed by atoms with van der Waals surface area (Å²) in [6.45, 7) is 8.36. The van der Waals surface area contributed by atoms with E-state index in [1.807, 2.05) is 38.4 Å². The fourth-order valence-electron chi connectivity index (χ4n) is 3.48. The van der Waals surface area contributed by atoms with Crippen molar-refractivity contribution < 1.29 is 9.59 Å². The lowest BCUT2D eigenvalue weighted by Gasteiger charge is -2.16. The lowest BCUT2D eigenvalue weighted by atomic mass is 9.93. The van der Waals surface area contributed by atoms with Crippen LogP contribution in [0.15, 0.2) is 6.07 Å². The maximum atomic E-state index is 12.7. The van der Waals surface area contributed by atoms with Crippen LogP contribution in [-0.4, -0.2) is 32.5 Å². The number of carbonyl (C=O) groups excluding carboxylic acids is 2. The minimum Gasteiger partial charge on any atom is -0.361 e. The van der Waals surface area contributed by atoms with Crippen LogP contribution in [0.3, 0.4) is 0 Å². The Bertz CT molecular complexity index is 800. The number of H-pyrrole nitrogens is 1. The van der Waals surface area contributed by atoms with Gasteiger partial charge in [-0.2, -0.15) is 5.10 Å². The maximum Gasteiger partial charge on any atom is 0.254 e. The van der Waals surface area contributed by atoms with E-state index < -0.39 is 0 Å². The van der Waals surface area contributed by atoms with Crippen molar-refractivity contribution in [3.8, 4) is 0 Å². The number of aryl methyl sites for hydroxylation is 4. The largest absolute Gasteiger partial charge is 0.361 e. The van der Waals surface area contributed by atoms with Gasteiger partial charge in [-0.25, -0.2) is 0 Å². The van der Waals surface area contributed by atoms with Crippen molar-refractivity contribution in [1.29, 1.82) is 0 Å². The van der Waals surface area contributed by atoms with Gasteiger partial charge in [0.25, 0.3) is 5.91 Å². The van der Waals surface area contributed by atoms with Gasteiger partial charge in [0.1, 0.15) is 0 Å². The third kappa shape index (κ3) is 3.00. The highest BCUT2D eigenvalue weighted by Gasteiger charge is 2.28. The lowest BCUT2D eigenvalue weighted by molar-refractivity contribution is 0.0915. The highest BCUT2D eigenvalue weighted by Crippen LogP contribution is 2.26. The van der Waals surface area contributed by atoms with Gasteiger partial charge < -0.3 is 10.3 Å². The average Bonchev–Trinajstić information content (AvgIpc) is 2.98. The van der Waals surface area contributed by atoms with Gasteiger partial charge in [0.2, 0.25) is 0 Å². The van der Waals surface area contributed by atoms with Crippen LogP contribution in [0.4, 0.5) is 0 Å². The zero-order valence-electron chi connectivity index (χ0n) is 14.7. The SMILES string of the molecule is Cc1cc(C)n(C[C@@H](C)NC(=O)c2c(C)[nH]c3c2C(=O)CCC3)n1. The van der Waals surface area contributed by atoms with Crippen molar-refractivity contribution in [2.24, 2.45) is 0 Å². The van der Waals surface area contributed by atoms with Crippen LogP contribution in [0.2, 0.25) is 0 Å². The number of fused-ring (bicyclic) bond motifs is 1. The standard InChI is InChI=1S/C18H24N4O2/c1-10-8-12(3)22(21-10)9-11(2)19-18(24)16-13(4)20-14-6-5-7-15(23)17(14)16/h8,11,20H,5-7,9H2,1-4H3,(H,19,24)/t11-/m1/s1. The number of hydrogen-bond donors (Lipinski definition) is 2. The maximum absolute atomic E-state index is 12.7. The molecular weight excluding hydrogens is 304 g/mol. The van der Waals surface area contributed by atoms with E-state index in [1.165, 1.54) is 0 Å². The van der Waals surface area contributed by atoms with Crippen LogP contribution in [0.1, 0.15) is 63.3 Å². The van der Waals surface area contributed by atoms with Crippen molar-refractivity contribution in [2.75, 3.05) is 0 Å². The van der Waals surface area contributed by atoms with Crippen LogP contribution in [0.25, 0.3) is 0 Å². The minimum absolute atomic E-state index is 0.0666. The van der Waals surface area contributed by atoms with Crippen LogP contribution in [0, 0.1) is 20.8 Å². The molecule has 1 amide bonds. The number of aromatic nitrogens is 3. The molecule has 2 aromatic heterocycles. The molecule has 0 aromatic carbocycles. The Morgan fingerprint density at radius 2 is 2.12 bits per heavy atom. The number of nitrogens with one attached hydrogen (secondary N) is 2. The summed E-state index contributed by atoms with van der Waals surface area (Å²) in [6, 6.07) is 1.93. The van der Waals surface area contributed by atoms with Crippen molar-refractivity contribution in [3.05, 3.63) is 40.0 Å². The van der Waals surface area contributed by atoms with Crippen LogP contribution in [0.5, 0.6) is 0 Å². The van der Waals surface area contributed by atoms with E-state index in [4.69, 9.17) is 0 Å². The minimum atomic E-state index is -0.186. The first-order valence-electron chi connectivity index (χ1n) is 8.43. The van der Waals surface area contributed by atoms with E-state index >= 15 is 0 Å². The van der Waals surface area contributed by atoms with Gasteiger partial charge in [0.15, 0.2) is 5.78 Å². The molecule has 0 radical (unpaired) electrons. The van der Waals surface area contributed by atoms with Crippen molar-refractivity contribution in [1.82, 2.24) is 20.1 Å². The molecule has 2 heterocycles. The number of aromatic amines is 1. The first-order chi connectivity index (χ1) is 11.4. The summed E-state index contributed by atoms with van der Waals surface area (Å²) >= 11 is 0. The predicted octanol–water partition coefficient (Wildman–Crippen LogP) is 2.47. The zero-order valence-corrected chi connectivity index (χ0v) is 14.7. The molecule has 0 aliphatic heterocycles. The van der Waals surface area contributed by atoms with Gasteiger partial charge in [-0.05, 0) is 46.6 Å². The Kier molecular flexibility index (Phi) is 4.30. The molecule has 1 aliphatic rings. The molecule has 1 atom stereocenters. The molecule has 0 fully saturated rings. The van der Waals surface area contributed by atoms with Gasteiger partial charge in [0.05, 0.1) is 23.4 Å². The number of ketones is 1. The summed E-state index contributed by atoms with van der Waals surface area (Å²) in [5.74, 6) is -0.119. The van der Waals surface area contributed by atoms with E-state index in [2.05, 4.69) is 15.4 Å². The second-order valence-corrected chi connectivity index (χ2v) is 6.74. The second-order valence-electron chi connectivity index (χ2n) is 6.74. The smallest absolute Gasteiger partial charge is 0.254 e. The topological polar surface area (TPSA) is 79.8 Å². The van der Waals surface area contributed by atoms with Gasteiger partial charge in [-0.15, -0.1) is 0 Å². The fourth-order valence-corrected chi connectivity index (χ4v) is 3.48. The summed E-state index contributed by atoms with van der Waals surface area (Å²) < 4.78 is 1.89. The molecule has 6 nitrogen and oxygen atoms in total. The number of nitrogens with zero attached hydrogens (tertiary/aromatic N) is 2. The van der Waals surface area contributed by atoms with Gasteiger partial charge >= 0.3 is 0 Å². The van der Waals surface area contributed by atoms with Gasteiger partial charge in [-0.3, -0.25) is 14.3 Å². The molecule has 0 unspecified atom stereocenters. The summed E-state index contributed by atoms with van der Waals surface area (Å²) in [6.07, 6.45) is 2.20. The van der Waals surface area contributed by atoms with Gasteiger partial charge in [0, 0.05) is 29.5 Å². The van der Waals surface area contributed by atoms with Crippen LogP contribution in [-0.2, 0) is 13.0 Å². The molecular formula is C18H24N4O2. The van der Waals surface area contributed by atoms with Crippen LogP contribution < -0.4 is 5.32 Å². The monoisotopic (exact) mass is 328 g/mol. The first-order valence-corrected chi connectivity index (χ1v) is 8.43. The Morgan fingerprint density at radius 3 is 2.79 bits per heavy atom.